The lowest BCUT2D eigenvalue weighted by Gasteiger charge is -2.05. The maximum atomic E-state index is 12.3. The third kappa shape index (κ3) is 1.97. The summed E-state index contributed by atoms with van der Waals surface area (Å²) >= 11 is 5.84. The molecular weight excluding hydrogens is 274 g/mol. The van der Waals surface area contributed by atoms with Crippen molar-refractivity contribution in [3.05, 3.63) is 69.3 Å². The summed E-state index contributed by atoms with van der Waals surface area (Å²) < 4.78 is 5.72. The van der Waals surface area contributed by atoms with Crippen molar-refractivity contribution < 1.29 is 4.42 Å². The molecule has 0 amide bonds. The van der Waals surface area contributed by atoms with Gasteiger partial charge in [-0.05, 0) is 36.4 Å². The highest BCUT2D eigenvalue weighted by Crippen LogP contribution is 2.26. The molecule has 0 saturated carbocycles. The Labute approximate surface area is 119 Å². The van der Waals surface area contributed by atoms with Crippen molar-refractivity contribution in [3.63, 3.8) is 0 Å². The molecule has 0 N–H and O–H groups in total. The number of nitriles is 1. The molecule has 3 nitrogen and oxygen atoms in total. The first kappa shape index (κ1) is 12.5. The van der Waals surface area contributed by atoms with Crippen LogP contribution >= 0.6 is 11.6 Å². The second-order valence-electron chi connectivity index (χ2n) is 4.25. The number of hydrogen-bond acceptors (Lipinski definition) is 3. The first-order chi connectivity index (χ1) is 9.70. The lowest BCUT2D eigenvalue weighted by atomic mass is 10.1. The molecule has 0 unspecified atom stereocenters. The first-order valence-corrected chi connectivity index (χ1v) is 6.30. The van der Waals surface area contributed by atoms with E-state index in [1.807, 2.05) is 6.07 Å². The summed E-state index contributed by atoms with van der Waals surface area (Å²) in [5.74, 6) is 0.271. The van der Waals surface area contributed by atoms with E-state index in [-0.39, 0.29) is 16.8 Å². The molecule has 0 atom stereocenters. The Morgan fingerprint density at radius 2 is 1.75 bits per heavy atom. The minimum absolute atomic E-state index is 0.00558. The molecule has 0 fully saturated rings. The summed E-state index contributed by atoms with van der Waals surface area (Å²) in [6.07, 6.45) is 0. The standard InChI is InChI=1S/C16H8ClNO2/c17-11-7-5-10(6-8-11)16-13(9-18)15(19)12-3-1-2-4-14(12)20-16/h1-8H. The van der Waals surface area contributed by atoms with Crippen molar-refractivity contribution in [2.24, 2.45) is 0 Å². The van der Waals surface area contributed by atoms with Crippen LogP contribution in [0.25, 0.3) is 22.3 Å². The highest BCUT2D eigenvalue weighted by atomic mass is 35.5. The Hall–Kier alpha value is -2.57. The van der Waals surface area contributed by atoms with Gasteiger partial charge in [0.25, 0.3) is 0 Å². The van der Waals surface area contributed by atoms with Crippen LogP contribution in [0.4, 0.5) is 0 Å². The molecule has 3 rings (SSSR count). The van der Waals surface area contributed by atoms with Crippen molar-refractivity contribution in [3.8, 4) is 17.4 Å². The predicted molar refractivity (Wildman–Crippen MR) is 77.6 cm³/mol. The number of fused-ring (bicyclic) bond motifs is 1. The molecule has 0 radical (unpaired) electrons. The molecule has 20 heavy (non-hydrogen) atoms. The van der Waals surface area contributed by atoms with E-state index in [0.29, 0.717) is 21.6 Å². The summed E-state index contributed by atoms with van der Waals surface area (Å²) in [4.78, 5) is 12.3. The molecule has 0 aliphatic heterocycles. The van der Waals surface area contributed by atoms with Crippen LogP contribution in [0.1, 0.15) is 5.56 Å². The second kappa shape index (κ2) is 4.84. The number of halogens is 1. The van der Waals surface area contributed by atoms with Crippen LogP contribution in [0.5, 0.6) is 0 Å². The Morgan fingerprint density at radius 3 is 2.45 bits per heavy atom. The van der Waals surface area contributed by atoms with Gasteiger partial charge in [0.15, 0.2) is 5.76 Å². The zero-order valence-corrected chi connectivity index (χ0v) is 11.0. The molecule has 4 heteroatoms. The Bertz CT molecular complexity index is 889. The van der Waals surface area contributed by atoms with Crippen LogP contribution in [0, 0.1) is 11.3 Å². The van der Waals surface area contributed by atoms with Gasteiger partial charge < -0.3 is 4.42 Å². The van der Waals surface area contributed by atoms with Gasteiger partial charge in [0, 0.05) is 10.6 Å². The summed E-state index contributed by atoms with van der Waals surface area (Å²) in [6, 6.07) is 15.6. The van der Waals surface area contributed by atoms with Gasteiger partial charge in [-0.1, -0.05) is 23.7 Å². The van der Waals surface area contributed by atoms with Crippen molar-refractivity contribution in [1.82, 2.24) is 0 Å². The molecule has 1 aromatic heterocycles. The molecule has 96 valence electrons. The van der Waals surface area contributed by atoms with E-state index in [0.717, 1.165) is 0 Å². The van der Waals surface area contributed by atoms with Crippen LogP contribution in [0.2, 0.25) is 5.02 Å². The summed E-state index contributed by atoms with van der Waals surface area (Å²) in [7, 11) is 0. The van der Waals surface area contributed by atoms with Gasteiger partial charge in [0.05, 0.1) is 5.39 Å². The minimum atomic E-state index is -0.320. The minimum Gasteiger partial charge on any atom is -0.454 e. The fourth-order valence-corrected chi connectivity index (χ4v) is 2.17. The van der Waals surface area contributed by atoms with Gasteiger partial charge in [-0.25, -0.2) is 0 Å². The molecule has 0 aliphatic carbocycles. The SMILES string of the molecule is N#Cc1c(-c2ccc(Cl)cc2)oc2ccccc2c1=O. The third-order valence-corrected chi connectivity index (χ3v) is 3.27. The lowest BCUT2D eigenvalue weighted by Crippen LogP contribution is -2.07. The Balaban J connectivity index is 2.38. The molecular formula is C16H8ClNO2. The zero-order chi connectivity index (χ0) is 14.1. The molecule has 0 aliphatic rings. The lowest BCUT2D eigenvalue weighted by molar-refractivity contribution is 0.617. The highest BCUT2D eigenvalue weighted by molar-refractivity contribution is 6.30. The topological polar surface area (TPSA) is 54.0 Å². The van der Waals surface area contributed by atoms with Crippen molar-refractivity contribution >= 4 is 22.6 Å². The average molecular weight is 282 g/mol. The third-order valence-electron chi connectivity index (χ3n) is 3.02. The summed E-state index contributed by atoms with van der Waals surface area (Å²) in [5, 5.41) is 10.2. The van der Waals surface area contributed by atoms with Crippen LogP contribution in [-0.2, 0) is 0 Å². The number of hydrogen-bond donors (Lipinski definition) is 0. The van der Waals surface area contributed by atoms with E-state index in [9.17, 15) is 10.1 Å². The molecule has 2 aromatic carbocycles. The summed E-state index contributed by atoms with van der Waals surface area (Å²) in [6.45, 7) is 0. The first-order valence-electron chi connectivity index (χ1n) is 5.92. The molecule has 0 spiro atoms. The smallest absolute Gasteiger partial charge is 0.211 e. The highest BCUT2D eigenvalue weighted by Gasteiger charge is 2.15. The largest absolute Gasteiger partial charge is 0.454 e. The van der Waals surface area contributed by atoms with E-state index in [1.165, 1.54) is 0 Å². The monoisotopic (exact) mass is 281 g/mol. The van der Waals surface area contributed by atoms with E-state index >= 15 is 0 Å². The zero-order valence-electron chi connectivity index (χ0n) is 10.3. The Morgan fingerprint density at radius 1 is 1.05 bits per heavy atom. The van der Waals surface area contributed by atoms with Gasteiger partial charge in [-0.15, -0.1) is 0 Å². The van der Waals surface area contributed by atoms with Crippen LogP contribution in [0.3, 0.4) is 0 Å². The molecule has 0 saturated heterocycles. The molecule has 1 heterocycles. The quantitative estimate of drug-likeness (QED) is 0.678. The number of nitrogens with zero attached hydrogens (tertiary/aromatic N) is 1. The number of para-hydroxylation sites is 1. The number of benzene rings is 2. The predicted octanol–water partition coefficient (Wildman–Crippen LogP) is 3.99. The fraction of sp³-hybridized carbons (Fsp3) is 0. The van der Waals surface area contributed by atoms with E-state index < -0.39 is 0 Å². The summed E-state index contributed by atoms with van der Waals surface area (Å²) in [5.41, 5.74) is 0.792. The van der Waals surface area contributed by atoms with Crippen molar-refractivity contribution in [2.45, 2.75) is 0 Å². The maximum absolute atomic E-state index is 12.3. The van der Waals surface area contributed by atoms with Crippen LogP contribution in [0.15, 0.2) is 57.7 Å². The normalized spacial score (nSPS) is 10.4. The molecule has 3 aromatic rings. The van der Waals surface area contributed by atoms with E-state index in [1.54, 1.807) is 48.5 Å². The van der Waals surface area contributed by atoms with Gasteiger partial charge in [0.2, 0.25) is 5.43 Å². The Kier molecular flexibility index (Phi) is 3.02. The van der Waals surface area contributed by atoms with Crippen LogP contribution < -0.4 is 5.43 Å². The van der Waals surface area contributed by atoms with Gasteiger partial charge >= 0.3 is 0 Å². The number of rotatable bonds is 1. The van der Waals surface area contributed by atoms with Gasteiger partial charge in [0.1, 0.15) is 17.2 Å². The van der Waals surface area contributed by atoms with E-state index in [2.05, 4.69) is 0 Å². The van der Waals surface area contributed by atoms with Crippen molar-refractivity contribution in [2.75, 3.05) is 0 Å². The maximum Gasteiger partial charge on any atom is 0.211 e. The van der Waals surface area contributed by atoms with Crippen LogP contribution in [-0.4, -0.2) is 0 Å². The van der Waals surface area contributed by atoms with Crippen molar-refractivity contribution in [1.29, 1.82) is 5.26 Å². The van der Waals surface area contributed by atoms with Gasteiger partial charge in [-0.3, -0.25) is 4.79 Å². The van der Waals surface area contributed by atoms with E-state index in [4.69, 9.17) is 16.0 Å². The second-order valence-corrected chi connectivity index (χ2v) is 4.69. The molecule has 0 bridgehead atoms. The fourth-order valence-electron chi connectivity index (χ4n) is 2.05. The van der Waals surface area contributed by atoms with Gasteiger partial charge in [-0.2, -0.15) is 5.26 Å². The average Bonchev–Trinajstić information content (AvgIpc) is 2.48.